The van der Waals surface area contributed by atoms with Gasteiger partial charge in [-0.2, -0.15) is 0 Å². The maximum absolute atomic E-state index is 15.1. The summed E-state index contributed by atoms with van der Waals surface area (Å²) in [4.78, 5) is 21.9. The summed E-state index contributed by atoms with van der Waals surface area (Å²) in [5.74, 6) is -1.42. The standard InChI is InChI=1S/C27H31F2N5O2/c1-15-9-18(11-19(28)10-15)23(13-31-2)34-27(36)21-8-5-17(12-22(21)29)25-26(30)32-14-24(33-25)16-3-6-20(35)7-4-16/h5,8-12,14,16,20,23,31,35H,3-4,6-7,13H2,1-2H3,(H2,30,32)(H,34,36). The quantitative estimate of drug-likeness (QED) is 0.394. The SMILES string of the molecule is CNCC(NC(=O)c1ccc(-c2nc(C3CCC(O)CC3)cnc2N)cc1F)c1cc(C)cc(F)c1. The fourth-order valence-corrected chi connectivity index (χ4v) is 4.70. The van der Waals surface area contributed by atoms with Crippen molar-refractivity contribution in [2.75, 3.05) is 19.3 Å². The molecule has 7 nitrogen and oxygen atoms in total. The lowest BCUT2D eigenvalue weighted by Crippen LogP contribution is -2.35. The molecule has 5 N–H and O–H groups in total. The van der Waals surface area contributed by atoms with Crippen LogP contribution in [0.15, 0.2) is 42.6 Å². The van der Waals surface area contributed by atoms with Crippen LogP contribution in [0.4, 0.5) is 14.6 Å². The van der Waals surface area contributed by atoms with Crippen molar-refractivity contribution in [2.45, 2.75) is 50.7 Å². The molecule has 9 heteroatoms. The molecule has 0 aliphatic heterocycles. The highest BCUT2D eigenvalue weighted by atomic mass is 19.1. The number of nitrogens with two attached hydrogens (primary N) is 1. The fraction of sp³-hybridized carbons (Fsp3) is 0.370. The maximum atomic E-state index is 15.1. The van der Waals surface area contributed by atoms with Gasteiger partial charge in [0.05, 0.1) is 29.6 Å². The summed E-state index contributed by atoms with van der Waals surface area (Å²) < 4.78 is 29.1. The van der Waals surface area contributed by atoms with Crippen molar-refractivity contribution in [3.05, 3.63) is 76.6 Å². The zero-order valence-corrected chi connectivity index (χ0v) is 20.4. The number of carbonyl (C=O) groups excluding carboxylic acids is 1. The van der Waals surface area contributed by atoms with Gasteiger partial charge in [0.15, 0.2) is 0 Å². The molecule has 190 valence electrons. The molecule has 0 bridgehead atoms. The Hall–Kier alpha value is -3.43. The Morgan fingerprint density at radius 3 is 2.58 bits per heavy atom. The van der Waals surface area contributed by atoms with Crippen molar-refractivity contribution in [1.29, 1.82) is 0 Å². The van der Waals surface area contributed by atoms with Crippen LogP contribution in [0.5, 0.6) is 0 Å². The highest BCUT2D eigenvalue weighted by Crippen LogP contribution is 2.34. The Morgan fingerprint density at radius 1 is 1.17 bits per heavy atom. The van der Waals surface area contributed by atoms with Gasteiger partial charge in [-0.15, -0.1) is 0 Å². The zero-order valence-electron chi connectivity index (χ0n) is 20.4. The second-order valence-electron chi connectivity index (χ2n) is 9.37. The molecule has 1 fully saturated rings. The molecule has 0 saturated heterocycles. The van der Waals surface area contributed by atoms with Crippen molar-refractivity contribution in [3.63, 3.8) is 0 Å². The summed E-state index contributed by atoms with van der Waals surface area (Å²) >= 11 is 0. The number of aryl methyl sites for hydroxylation is 1. The number of aliphatic hydroxyl groups excluding tert-OH is 1. The van der Waals surface area contributed by atoms with Crippen LogP contribution in [-0.2, 0) is 0 Å². The summed E-state index contributed by atoms with van der Waals surface area (Å²) in [5.41, 5.74) is 8.75. The molecule has 2 aromatic carbocycles. The second-order valence-corrected chi connectivity index (χ2v) is 9.37. The van der Waals surface area contributed by atoms with Crippen molar-refractivity contribution in [3.8, 4) is 11.3 Å². The predicted octanol–water partition coefficient (Wildman–Crippen LogP) is 4.02. The van der Waals surface area contributed by atoms with E-state index < -0.39 is 23.6 Å². The monoisotopic (exact) mass is 495 g/mol. The minimum Gasteiger partial charge on any atom is -0.393 e. The fourth-order valence-electron chi connectivity index (χ4n) is 4.70. The molecule has 1 heterocycles. The third-order valence-corrected chi connectivity index (χ3v) is 6.60. The smallest absolute Gasteiger partial charge is 0.254 e. The van der Waals surface area contributed by atoms with Crippen LogP contribution in [0, 0.1) is 18.6 Å². The van der Waals surface area contributed by atoms with Gasteiger partial charge in [0.1, 0.15) is 23.1 Å². The molecule has 1 unspecified atom stereocenters. The Balaban J connectivity index is 1.56. The summed E-state index contributed by atoms with van der Waals surface area (Å²) in [6, 6.07) is 8.19. The van der Waals surface area contributed by atoms with Crippen LogP contribution >= 0.6 is 0 Å². The molecule has 36 heavy (non-hydrogen) atoms. The summed E-state index contributed by atoms with van der Waals surface area (Å²) in [5, 5.41) is 15.5. The van der Waals surface area contributed by atoms with E-state index >= 15 is 4.39 Å². The molecule has 1 aromatic heterocycles. The third kappa shape index (κ3) is 5.85. The van der Waals surface area contributed by atoms with Gasteiger partial charge in [-0.05, 0) is 75.0 Å². The first-order valence-corrected chi connectivity index (χ1v) is 12.1. The highest BCUT2D eigenvalue weighted by molar-refractivity contribution is 5.95. The Labute approximate surface area is 209 Å². The van der Waals surface area contributed by atoms with E-state index in [1.807, 2.05) is 0 Å². The third-order valence-electron chi connectivity index (χ3n) is 6.60. The van der Waals surface area contributed by atoms with Crippen LogP contribution in [0.2, 0.25) is 0 Å². The predicted molar refractivity (Wildman–Crippen MR) is 134 cm³/mol. The maximum Gasteiger partial charge on any atom is 0.254 e. The second kappa shape index (κ2) is 11.1. The number of amides is 1. The van der Waals surface area contributed by atoms with Gasteiger partial charge < -0.3 is 21.5 Å². The molecule has 1 aliphatic carbocycles. The number of rotatable bonds is 7. The first kappa shape index (κ1) is 25.7. The number of nitrogen functional groups attached to an aromatic ring is 1. The average Bonchev–Trinajstić information content (AvgIpc) is 2.84. The van der Waals surface area contributed by atoms with Gasteiger partial charge in [0.25, 0.3) is 5.91 Å². The number of halogens is 2. The van der Waals surface area contributed by atoms with E-state index in [1.54, 1.807) is 32.3 Å². The molecular weight excluding hydrogens is 464 g/mol. The number of carbonyl (C=O) groups is 1. The molecule has 1 atom stereocenters. The minimum absolute atomic E-state index is 0.142. The van der Waals surface area contributed by atoms with Gasteiger partial charge >= 0.3 is 0 Å². The molecule has 1 amide bonds. The Morgan fingerprint density at radius 2 is 1.92 bits per heavy atom. The lowest BCUT2D eigenvalue weighted by atomic mass is 9.85. The van der Waals surface area contributed by atoms with Gasteiger partial charge in [0, 0.05) is 18.0 Å². The normalized spacial score (nSPS) is 18.6. The number of hydrogen-bond donors (Lipinski definition) is 4. The van der Waals surface area contributed by atoms with E-state index in [0.29, 0.717) is 36.2 Å². The molecule has 0 spiro atoms. The summed E-state index contributed by atoms with van der Waals surface area (Å²) in [7, 11) is 1.72. The number of nitrogens with one attached hydrogen (secondary N) is 2. The Kier molecular flexibility index (Phi) is 7.91. The van der Waals surface area contributed by atoms with Crippen LogP contribution in [0.3, 0.4) is 0 Å². The van der Waals surface area contributed by atoms with Crippen molar-refractivity contribution in [1.82, 2.24) is 20.6 Å². The largest absolute Gasteiger partial charge is 0.393 e. The average molecular weight is 496 g/mol. The van der Waals surface area contributed by atoms with Crippen LogP contribution in [0.1, 0.15) is 64.8 Å². The number of hydrogen-bond acceptors (Lipinski definition) is 6. The molecular formula is C27H31F2N5O2. The Bertz CT molecular complexity index is 1220. The number of benzene rings is 2. The first-order chi connectivity index (χ1) is 17.2. The molecule has 1 aliphatic rings. The minimum atomic E-state index is -0.726. The van der Waals surface area contributed by atoms with Crippen molar-refractivity contribution < 1.29 is 18.7 Å². The van der Waals surface area contributed by atoms with Crippen molar-refractivity contribution in [2.24, 2.45) is 0 Å². The van der Waals surface area contributed by atoms with Crippen molar-refractivity contribution >= 4 is 11.7 Å². The molecule has 4 rings (SSSR count). The van der Waals surface area contributed by atoms with Gasteiger partial charge in [-0.3, -0.25) is 4.79 Å². The van der Waals surface area contributed by atoms with Gasteiger partial charge in [-0.25, -0.2) is 18.7 Å². The van der Waals surface area contributed by atoms with E-state index in [2.05, 4.69) is 20.6 Å². The van der Waals surface area contributed by atoms with Gasteiger partial charge in [0.2, 0.25) is 0 Å². The number of nitrogens with zero attached hydrogens (tertiary/aromatic N) is 2. The topological polar surface area (TPSA) is 113 Å². The lowest BCUT2D eigenvalue weighted by molar-refractivity contribution is 0.0932. The first-order valence-electron chi connectivity index (χ1n) is 12.1. The van der Waals surface area contributed by atoms with E-state index in [9.17, 15) is 14.3 Å². The molecule has 0 radical (unpaired) electrons. The lowest BCUT2D eigenvalue weighted by Gasteiger charge is -2.25. The van der Waals surface area contributed by atoms with Gasteiger partial charge in [-0.1, -0.05) is 12.1 Å². The van der Waals surface area contributed by atoms with Crippen LogP contribution in [-0.4, -0.2) is 40.7 Å². The van der Waals surface area contributed by atoms with Crippen LogP contribution in [0.25, 0.3) is 11.3 Å². The summed E-state index contributed by atoms with van der Waals surface area (Å²) in [6.45, 7) is 2.11. The summed E-state index contributed by atoms with van der Waals surface area (Å²) in [6.07, 6.45) is 4.35. The van der Waals surface area contributed by atoms with E-state index in [-0.39, 0.29) is 23.4 Å². The number of likely N-dealkylation sites (N-methyl/N-ethyl adjacent to an activating group) is 1. The number of anilines is 1. The van der Waals surface area contributed by atoms with E-state index in [1.165, 1.54) is 24.3 Å². The van der Waals surface area contributed by atoms with E-state index in [4.69, 9.17) is 5.73 Å². The van der Waals surface area contributed by atoms with Crippen LogP contribution < -0.4 is 16.4 Å². The number of aromatic nitrogens is 2. The molecule has 1 saturated carbocycles. The number of aliphatic hydroxyl groups is 1. The molecule has 3 aromatic rings. The zero-order chi connectivity index (χ0) is 25.8. The highest BCUT2D eigenvalue weighted by Gasteiger charge is 2.24. The van der Waals surface area contributed by atoms with E-state index in [0.717, 1.165) is 24.1 Å².